The second kappa shape index (κ2) is 7.75. The Morgan fingerprint density at radius 2 is 1.96 bits per heavy atom. The average Bonchev–Trinajstić information content (AvgIpc) is 2.67. The van der Waals surface area contributed by atoms with Crippen LogP contribution >= 0.6 is 0 Å². The van der Waals surface area contributed by atoms with Crippen molar-refractivity contribution in [1.29, 1.82) is 5.26 Å². The number of aromatic nitrogens is 2. The molecular weight excluding hydrogens is 314 g/mol. The molecule has 2 heterocycles. The molecule has 0 radical (unpaired) electrons. The van der Waals surface area contributed by atoms with Crippen molar-refractivity contribution in [2.45, 2.75) is 25.2 Å². The zero-order valence-corrected chi connectivity index (χ0v) is 14.1. The summed E-state index contributed by atoms with van der Waals surface area (Å²) in [5.41, 5.74) is 1.90. The number of para-hydroxylation sites is 2. The number of hydrogen-bond donors (Lipinski definition) is 1. The zero-order valence-electron chi connectivity index (χ0n) is 14.1. The van der Waals surface area contributed by atoms with Crippen molar-refractivity contribution in [3.05, 3.63) is 42.6 Å². The van der Waals surface area contributed by atoms with Crippen LogP contribution in [0.1, 0.15) is 30.9 Å². The summed E-state index contributed by atoms with van der Waals surface area (Å²) in [5.74, 6) is -0.710. The van der Waals surface area contributed by atoms with Crippen molar-refractivity contribution in [2.24, 2.45) is 0 Å². The first-order valence-electron chi connectivity index (χ1n) is 8.54. The van der Waals surface area contributed by atoms with Crippen LogP contribution in [0.25, 0.3) is 11.0 Å². The predicted molar refractivity (Wildman–Crippen MR) is 97.2 cm³/mol. The minimum Gasteiger partial charge on any atom is -0.355 e. The zero-order chi connectivity index (χ0) is 17.6. The maximum Gasteiger partial charge on any atom is 0.243 e. The molecule has 1 atom stereocenters. The summed E-state index contributed by atoms with van der Waals surface area (Å²) < 4.78 is 0. The average molecular weight is 335 g/mol. The highest BCUT2D eigenvalue weighted by atomic mass is 16.1. The molecule has 0 bridgehead atoms. The van der Waals surface area contributed by atoms with E-state index in [1.807, 2.05) is 24.3 Å². The number of fused-ring (bicyclic) bond motifs is 1. The molecule has 0 spiro atoms. The van der Waals surface area contributed by atoms with Crippen LogP contribution in [0.2, 0.25) is 0 Å². The Morgan fingerprint density at radius 1 is 1.28 bits per heavy atom. The lowest BCUT2D eigenvalue weighted by atomic mass is 10.0. The minimum atomic E-state index is -0.992. The van der Waals surface area contributed by atoms with Crippen molar-refractivity contribution in [1.82, 2.24) is 15.3 Å². The van der Waals surface area contributed by atoms with Crippen LogP contribution in [0.4, 0.5) is 5.82 Å². The summed E-state index contributed by atoms with van der Waals surface area (Å²) >= 11 is 0. The number of piperidine rings is 1. The smallest absolute Gasteiger partial charge is 0.243 e. The number of hydrogen-bond acceptors (Lipinski definition) is 5. The van der Waals surface area contributed by atoms with Gasteiger partial charge in [0.05, 0.1) is 17.1 Å². The third-order valence-corrected chi connectivity index (χ3v) is 4.32. The van der Waals surface area contributed by atoms with Crippen LogP contribution in [0, 0.1) is 11.3 Å². The standard InChI is InChI=1S/C19H21N5O/c1-2-10-21-19(25)14(13-20)17-18(24-11-6-3-7-12-24)23-16-9-5-4-8-15(16)22-17/h2,4-5,8-9,14H,1,3,6-7,10-12H2,(H,21,25)/t14-/m0/s1. The molecule has 128 valence electrons. The molecule has 1 amide bonds. The fraction of sp³-hybridized carbons (Fsp3) is 0.368. The van der Waals surface area contributed by atoms with Gasteiger partial charge in [0.2, 0.25) is 5.91 Å². The number of rotatable bonds is 5. The molecule has 1 fully saturated rings. The van der Waals surface area contributed by atoms with Gasteiger partial charge in [0.15, 0.2) is 11.7 Å². The Kier molecular flexibility index (Phi) is 5.24. The van der Waals surface area contributed by atoms with E-state index in [1.54, 1.807) is 6.08 Å². The van der Waals surface area contributed by atoms with E-state index in [2.05, 4.69) is 27.8 Å². The SMILES string of the molecule is C=CCNC(=O)[C@@H](C#N)c1nc2ccccc2nc1N1CCCCC1. The normalized spacial score (nSPS) is 15.4. The minimum absolute atomic E-state index is 0.317. The number of anilines is 1. The van der Waals surface area contributed by atoms with E-state index < -0.39 is 5.92 Å². The number of carbonyl (C=O) groups is 1. The maximum absolute atomic E-state index is 12.4. The van der Waals surface area contributed by atoms with E-state index in [0.29, 0.717) is 23.6 Å². The van der Waals surface area contributed by atoms with E-state index in [0.717, 1.165) is 31.4 Å². The molecule has 1 saturated heterocycles. The molecule has 1 N–H and O–H groups in total. The van der Waals surface area contributed by atoms with Crippen molar-refractivity contribution in [3.63, 3.8) is 0 Å². The molecule has 2 aromatic rings. The van der Waals surface area contributed by atoms with Gasteiger partial charge in [-0.05, 0) is 31.4 Å². The first-order valence-corrected chi connectivity index (χ1v) is 8.54. The molecule has 1 aliphatic heterocycles. The van der Waals surface area contributed by atoms with Crippen molar-refractivity contribution < 1.29 is 4.79 Å². The van der Waals surface area contributed by atoms with Gasteiger partial charge in [-0.15, -0.1) is 6.58 Å². The summed E-state index contributed by atoms with van der Waals surface area (Å²) in [6.07, 6.45) is 4.93. The summed E-state index contributed by atoms with van der Waals surface area (Å²) in [4.78, 5) is 24.0. The van der Waals surface area contributed by atoms with Gasteiger partial charge in [0.1, 0.15) is 5.69 Å². The Bertz CT molecular complexity index is 820. The lowest BCUT2D eigenvalue weighted by Gasteiger charge is -2.29. The highest BCUT2D eigenvalue weighted by Gasteiger charge is 2.28. The molecule has 1 aromatic heterocycles. The number of carbonyl (C=O) groups excluding carboxylic acids is 1. The van der Waals surface area contributed by atoms with Gasteiger partial charge in [0.25, 0.3) is 0 Å². The lowest BCUT2D eigenvalue weighted by Crippen LogP contribution is -2.34. The largest absolute Gasteiger partial charge is 0.355 e. The van der Waals surface area contributed by atoms with Gasteiger partial charge >= 0.3 is 0 Å². The Hall–Kier alpha value is -2.94. The first-order chi connectivity index (χ1) is 12.2. The molecule has 6 heteroatoms. The van der Waals surface area contributed by atoms with Gasteiger partial charge in [-0.25, -0.2) is 9.97 Å². The van der Waals surface area contributed by atoms with Crippen LogP contribution in [0.5, 0.6) is 0 Å². The summed E-state index contributed by atoms with van der Waals surface area (Å²) in [6, 6.07) is 9.63. The Morgan fingerprint density at radius 3 is 2.60 bits per heavy atom. The highest BCUT2D eigenvalue weighted by molar-refractivity contribution is 5.89. The number of nitriles is 1. The van der Waals surface area contributed by atoms with Crippen LogP contribution in [-0.4, -0.2) is 35.5 Å². The third-order valence-electron chi connectivity index (χ3n) is 4.32. The van der Waals surface area contributed by atoms with E-state index in [4.69, 9.17) is 4.98 Å². The third kappa shape index (κ3) is 3.61. The molecule has 0 aliphatic carbocycles. The molecule has 1 aliphatic rings. The topological polar surface area (TPSA) is 81.9 Å². The fourth-order valence-electron chi connectivity index (χ4n) is 3.06. The summed E-state index contributed by atoms with van der Waals surface area (Å²) in [6.45, 7) is 5.64. The summed E-state index contributed by atoms with van der Waals surface area (Å²) in [7, 11) is 0. The molecule has 1 aromatic carbocycles. The number of nitrogens with zero attached hydrogens (tertiary/aromatic N) is 4. The van der Waals surface area contributed by atoms with E-state index >= 15 is 0 Å². The molecule has 6 nitrogen and oxygen atoms in total. The van der Waals surface area contributed by atoms with Gasteiger partial charge in [0, 0.05) is 19.6 Å². The maximum atomic E-state index is 12.4. The van der Waals surface area contributed by atoms with E-state index in [-0.39, 0.29) is 5.91 Å². The van der Waals surface area contributed by atoms with Crippen LogP contribution in [0.3, 0.4) is 0 Å². The van der Waals surface area contributed by atoms with Crippen molar-refractivity contribution in [2.75, 3.05) is 24.5 Å². The molecule has 3 rings (SSSR count). The molecular formula is C19H21N5O. The first kappa shape index (κ1) is 16.9. The Labute approximate surface area is 147 Å². The van der Waals surface area contributed by atoms with Gasteiger partial charge in [-0.3, -0.25) is 4.79 Å². The molecule has 0 saturated carbocycles. The second-order valence-electron chi connectivity index (χ2n) is 6.06. The van der Waals surface area contributed by atoms with E-state index in [1.165, 1.54) is 6.42 Å². The van der Waals surface area contributed by atoms with Crippen LogP contribution in [-0.2, 0) is 4.79 Å². The second-order valence-corrected chi connectivity index (χ2v) is 6.06. The van der Waals surface area contributed by atoms with Gasteiger partial charge < -0.3 is 10.2 Å². The van der Waals surface area contributed by atoms with E-state index in [9.17, 15) is 10.1 Å². The number of nitrogens with one attached hydrogen (secondary N) is 1. The molecule has 0 unspecified atom stereocenters. The number of amides is 1. The molecule has 25 heavy (non-hydrogen) atoms. The summed E-state index contributed by atoms with van der Waals surface area (Å²) in [5, 5.41) is 12.3. The highest BCUT2D eigenvalue weighted by Crippen LogP contribution is 2.29. The monoisotopic (exact) mass is 335 g/mol. The van der Waals surface area contributed by atoms with Crippen LogP contribution < -0.4 is 10.2 Å². The van der Waals surface area contributed by atoms with Crippen LogP contribution in [0.15, 0.2) is 36.9 Å². The quantitative estimate of drug-likeness (QED) is 0.849. The number of benzene rings is 1. The predicted octanol–water partition coefficient (Wildman–Crippen LogP) is 2.53. The van der Waals surface area contributed by atoms with Gasteiger partial charge in [-0.1, -0.05) is 18.2 Å². The lowest BCUT2D eigenvalue weighted by molar-refractivity contribution is -0.121. The Balaban J connectivity index is 2.08. The van der Waals surface area contributed by atoms with Crippen molar-refractivity contribution >= 4 is 22.8 Å². The fourth-order valence-corrected chi connectivity index (χ4v) is 3.06. The van der Waals surface area contributed by atoms with Crippen molar-refractivity contribution in [3.8, 4) is 6.07 Å². The van der Waals surface area contributed by atoms with Gasteiger partial charge in [-0.2, -0.15) is 5.26 Å².